The predicted octanol–water partition coefficient (Wildman–Crippen LogP) is 2.80. The van der Waals surface area contributed by atoms with Crippen LogP contribution in [-0.2, 0) is 6.54 Å². The zero-order chi connectivity index (χ0) is 9.38. The van der Waals surface area contributed by atoms with Crippen molar-refractivity contribution in [1.29, 1.82) is 0 Å². The van der Waals surface area contributed by atoms with Crippen molar-refractivity contribution in [2.45, 2.75) is 25.4 Å². The van der Waals surface area contributed by atoms with Crippen LogP contribution in [0.3, 0.4) is 0 Å². The van der Waals surface area contributed by atoms with Gasteiger partial charge >= 0.3 is 0 Å². The average molecular weight is 205 g/mol. The summed E-state index contributed by atoms with van der Waals surface area (Å²) in [4.78, 5) is 1.45. The molecule has 0 aliphatic heterocycles. The molecule has 1 aromatic rings. The van der Waals surface area contributed by atoms with E-state index in [1.807, 2.05) is 11.3 Å². The van der Waals surface area contributed by atoms with Crippen LogP contribution >= 0.6 is 11.3 Å². The van der Waals surface area contributed by atoms with Crippen molar-refractivity contribution in [1.82, 2.24) is 5.32 Å². The lowest BCUT2D eigenvalue weighted by Crippen LogP contribution is -2.47. The van der Waals surface area contributed by atoms with Gasteiger partial charge in [-0.2, -0.15) is 0 Å². The molecular weight excluding hydrogens is 190 g/mol. The molecule has 1 heterocycles. The van der Waals surface area contributed by atoms with Crippen molar-refractivity contribution in [3.05, 3.63) is 34.5 Å². The lowest BCUT2D eigenvalue weighted by molar-refractivity contribution is 0.162. The first-order valence-electron chi connectivity index (χ1n) is 5.36. The second-order valence-electron chi connectivity index (χ2n) is 4.30. The first-order valence-corrected chi connectivity index (χ1v) is 6.24. The van der Waals surface area contributed by atoms with Gasteiger partial charge in [-0.3, -0.25) is 0 Å². The lowest BCUT2D eigenvalue weighted by atomic mass is 9.71. The molecule has 2 aliphatic carbocycles. The number of hydrogen-bond acceptors (Lipinski definition) is 2. The first-order chi connectivity index (χ1) is 6.93. The maximum absolute atomic E-state index is 3.65. The SMILES string of the molecule is C1=CC2C(C1)CC2NCc1cccs1. The average Bonchev–Trinajstić information content (AvgIpc) is 2.76. The summed E-state index contributed by atoms with van der Waals surface area (Å²) in [7, 11) is 0. The number of thiophene rings is 1. The van der Waals surface area contributed by atoms with Crippen LogP contribution in [0.25, 0.3) is 0 Å². The molecule has 3 atom stereocenters. The maximum atomic E-state index is 3.65. The van der Waals surface area contributed by atoms with Gasteiger partial charge in [-0.25, -0.2) is 0 Å². The van der Waals surface area contributed by atoms with Gasteiger partial charge in [-0.15, -0.1) is 11.3 Å². The van der Waals surface area contributed by atoms with Gasteiger partial charge in [-0.1, -0.05) is 18.2 Å². The van der Waals surface area contributed by atoms with E-state index >= 15 is 0 Å². The normalized spacial score (nSPS) is 34.1. The minimum absolute atomic E-state index is 0.751. The molecule has 0 aromatic carbocycles. The van der Waals surface area contributed by atoms with Crippen molar-refractivity contribution in [3.8, 4) is 0 Å². The summed E-state index contributed by atoms with van der Waals surface area (Å²) in [5.74, 6) is 1.81. The molecule has 0 bridgehead atoms. The number of nitrogens with one attached hydrogen (secondary N) is 1. The van der Waals surface area contributed by atoms with Gasteiger partial charge in [0.2, 0.25) is 0 Å². The van der Waals surface area contributed by atoms with Crippen LogP contribution in [-0.4, -0.2) is 6.04 Å². The van der Waals surface area contributed by atoms with E-state index in [1.165, 1.54) is 17.7 Å². The topological polar surface area (TPSA) is 12.0 Å². The third-order valence-corrected chi connectivity index (χ3v) is 4.36. The molecule has 3 unspecified atom stereocenters. The summed E-state index contributed by atoms with van der Waals surface area (Å²) in [6, 6.07) is 5.08. The molecule has 0 spiro atoms. The highest BCUT2D eigenvalue weighted by Crippen LogP contribution is 2.42. The van der Waals surface area contributed by atoms with Crippen molar-refractivity contribution in [2.75, 3.05) is 0 Å². The standard InChI is InChI=1S/C12H15NS/c1-3-9-7-12(11(9)5-1)13-8-10-4-2-6-14-10/h1-2,4-6,9,11-13H,3,7-8H2. The summed E-state index contributed by atoms with van der Waals surface area (Å²) in [5.41, 5.74) is 0. The molecular formula is C12H15NS. The Balaban J connectivity index is 1.52. The Kier molecular flexibility index (Phi) is 2.18. The second kappa shape index (κ2) is 3.52. The Bertz CT molecular complexity index is 328. The molecule has 1 N–H and O–H groups in total. The number of fused-ring (bicyclic) bond motifs is 1. The molecule has 1 nitrogen and oxygen atoms in total. The van der Waals surface area contributed by atoms with Gasteiger partial charge < -0.3 is 5.32 Å². The van der Waals surface area contributed by atoms with Gasteiger partial charge in [0.1, 0.15) is 0 Å². The Morgan fingerprint density at radius 2 is 2.50 bits per heavy atom. The number of hydrogen-bond donors (Lipinski definition) is 1. The molecule has 2 aliphatic rings. The Morgan fingerprint density at radius 3 is 3.29 bits per heavy atom. The van der Waals surface area contributed by atoms with Crippen molar-refractivity contribution < 1.29 is 0 Å². The van der Waals surface area contributed by atoms with E-state index < -0.39 is 0 Å². The first kappa shape index (κ1) is 8.69. The van der Waals surface area contributed by atoms with E-state index in [-0.39, 0.29) is 0 Å². The minimum atomic E-state index is 0.751. The van der Waals surface area contributed by atoms with E-state index in [1.54, 1.807) is 0 Å². The highest BCUT2D eigenvalue weighted by Gasteiger charge is 2.40. The summed E-state index contributed by atoms with van der Waals surface area (Å²) in [5, 5.41) is 5.80. The fourth-order valence-electron chi connectivity index (χ4n) is 2.59. The lowest BCUT2D eigenvalue weighted by Gasteiger charge is -2.40. The quantitative estimate of drug-likeness (QED) is 0.748. The summed E-state index contributed by atoms with van der Waals surface area (Å²) < 4.78 is 0. The molecule has 1 aromatic heterocycles. The number of allylic oxidation sites excluding steroid dienone is 1. The highest BCUT2D eigenvalue weighted by atomic mass is 32.1. The van der Waals surface area contributed by atoms with Crippen molar-refractivity contribution in [3.63, 3.8) is 0 Å². The minimum Gasteiger partial charge on any atom is -0.308 e. The van der Waals surface area contributed by atoms with Crippen LogP contribution in [0, 0.1) is 11.8 Å². The van der Waals surface area contributed by atoms with Crippen molar-refractivity contribution in [2.24, 2.45) is 11.8 Å². The fourth-order valence-corrected chi connectivity index (χ4v) is 3.25. The van der Waals surface area contributed by atoms with Crippen LogP contribution in [0.4, 0.5) is 0 Å². The Hall–Kier alpha value is -0.600. The number of rotatable bonds is 3. The van der Waals surface area contributed by atoms with E-state index in [0.29, 0.717) is 0 Å². The predicted molar refractivity (Wildman–Crippen MR) is 60.3 cm³/mol. The molecule has 2 heteroatoms. The van der Waals surface area contributed by atoms with E-state index in [2.05, 4.69) is 35.0 Å². The molecule has 1 saturated carbocycles. The van der Waals surface area contributed by atoms with Gasteiger partial charge in [0, 0.05) is 17.5 Å². The van der Waals surface area contributed by atoms with E-state index in [4.69, 9.17) is 0 Å². The molecule has 0 saturated heterocycles. The molecule has 1 fully saturated rings. The van der Waals surface area contributed by atoms with Gasteiger partial charge in [0.25, 0.3) is 0 Å². The monoisotopic (exact) mass is 205 g/mol. The summed E-state index contributed by atoms with van der Waals surface area (Å²) >= 11 is 1.84. The zero-order valence-corrected chi connectivity index (χ0v) is 8.96. The highest BCUT2D eigenvalue weighted by molar-refractivity contribution is 7.09. The van der Waals surface area contributed by atoms with Gasteiger partial charge in [0.05, 0.1) is 0 Å². The summed E-state index contributed by atoms with van der Waals surface area (Å²) in [6.45, 7) is 1.05. The second-order valence-corrected chi connectivity index (χ2v) is 5.34. The summed E-state index contributed by atoms with van der Waals surface area (Å²) in [6.07, 6.45) is 7.45. The van der Waals surface area contributed by atoms with Crippen LogP contribution in [0.1, 0.15) is 17.7 Å². The molecule has 0 amide bonds. The molecule has 3 rings (SSSR count). The third-order valence-electron chi connectivity index (χ3n) is 3.48. The molecule has 74 valence electrons. The third kappa shape index (κ3) is 1.43. The van der Waals surface area contributed by atoms with Crippen LogP contribution in [0.5, 0.6) is 0 Å². The van der Waals surface area contributed by atoms with E-state index in [9.17, 15) is 0 Å². The van der Waals surface area contributed by atoms with Crippen molar-refractivity contribution >= 4 is 11.3 Å². The van der Waals surface area contributed by atoms with Crippen LogP contribution in [0.2, 0.25) is 0 Å². The van der Waals surface area contributed by atoms with Gasteiger partial charge in [-0.05, 0) is 36.1 Å². The molecule has 14 heavy (non-hydrogen) atoms. The zero-order valence-electron chi connectivity index (χ0n) is 8.15. The largest absolute Gasteiger partial charge is 0.308 e. The van der Waals surface area contributed by atoms with E-state index in [0.717, 1.165) is 24.4 Å². The molecule has 0 radical (unpaired) electrons. The maximum Gasteiger partial charge on any atom is 0.0302 e. The smallest absolute Gasteiger partial charge is 0.0302 e. The van der Waals surface area contributed by atoms with Gasteiger partial charge in [0.15, 0.2) is 0 Å². The van der Waals surface area contributed by atoms with Crippen LogP contribution < -0.4 is 5.32 Å². The fraction of sp³-hybridized carbons (Fsp3) is 0.500. The Morgan fingerprint density at radius 1 is 1.50 bits per heavy atom. The van der Waals surface area contributed by atoms with Crippen LogP contribution in [0.15, 0.2) is 29.7 Å². The Labute approximate surface area is 88.8 Å².